The summed E-state index contributed by atoms with van der Waals surface area (Å²) in [6.45, 7) is 1.27. The van der Waals surface area contributed by atoms with Crippen molar-refractivity contribution in [2.75, 3.05) is 0 Å². The standard InChI is InChI=1S/C12H8N2O/c13-5-10(6-14)3-9-1-2-11-7-15-8-12(11)4-9/h1-4H,7-8H2. The first kappa shape index (κ1) is 9.45. The molecule has 2 rings (SSSR count). The van der Waals surface area contributed by atoms with Gasteiger partial charge in [-0.2, -0.15) is 10.5 Å². The van der Waals surface area contributed by atoms with E-state index < -0.39 is 0 Å². The van der Waals surface area contributed by atoms with Gasteiger partial charge in [0.05, 0.1) is 13.2 Å². The number of hydrogen-bond donors (Lipinski definition) is 0. The van der Waals surface area contributed by atoms with Gasteiger partial charge in [0.1, 0.15) is 17.7 Å². The minimum Gasteiger partial charge on any atom is -0.372 e. The number of benzene rings is 1. The van der Waals surface area contributed by atoms with Crippen LogP contribution < -0.4 is 0 Å². The Balaban J connectivity index is 2.37. The van der Waals surface area contributed by atoms with Crippen molar-refractivity contribution in [1.29, 1.82) is 10.5 Å². The zero-order chi connectivity index (χ0) is 10.7. The zero-order valence-electron chi connectivity index (χ0n) is 8.03. The molecule has 0 radical (unpaired) electrons. The molecule has 0 atom stereocenters. The van der Waals surface area contributed by atoms with E-state index >= 15 is 0 Å². The third-order valence-corrected chi connectivity index (χ3v) is 2.30. The van der Waals surface area contributed by atoms with Crippen LogP contribution in [0.3, 0.4) is 0 Å². The molecular weight excluding hydrogens is 188 g/mol. The largest absolute Gasteiger partial charge is 0.372 e. The van der Waals surface area contributed by atoms with Crippen molar-refractivity contribution >= 4 is 6.08 Å². The topological polar surface area (TPSA) is 56.8 Å². The maximum absolute atomic E-state index is 8.62. The van der Waals surface area contributed by atoms with Crippen molar-refractivity contribution in [3.05, 3.63) is 40.5 Å². The minimum atomic E-state index is 0.119. The van der Waals surface area contributed by atoms with Crippen LogP contribution in [0.4, 0.5) is 0 Å². The summed E-state index contributed by atoms with van der Waals surface area (Å²) in [4.78, 5) is 0. The maximum atomic E-state index is 8.62. The van der Waals surface area contributed by atoms with E-state index in [4.69, 9.17) is 15.3 Å². The Bertz CT molecular complexity index is 487. The molecule has 0 unspecified atom stereocenters. The van der Waals surface area contributed by atoms with Gasteiger partial charge in [0.2, 0.25) is 0 Å². The molecule has 1 aromatic rings. The third-order valence-electron chi connectivity index (χ3n) is 2.30. The Hall–Kier alpha value is -2.10. The highest BCUT2D eigenvalue weighted by Crippen LogP contribution is 2.21. The lowest BCUT2D eigenvalue weighted by atomic mass is 10.0. The normalized spacial score (nSPS) is 12.4. The molecule has 15 heavy (non-hydrogen) atoms. The number of hydrogen-bond acceptors (Lipinski definition) is 3. The molecule has 1 aliphatic heterocycles. The fourth-order valence-corrected chi connectivity index (χ4v) is 1.54. The van der Waals surface area contributed by atoms with Gasteiger partial charge in [-0.05, 0) is 28.8 Å². The molecule has 3 heteroatoms. The highest BCUT2D eigenvalue weighted by molar-refractivity contribution is 5.62. The molecule has 0 fully saturated rings. The van der Waals surface area contributed by atoms with Crippen LogP contribution in [0.2, 0.25) is 0 Å². The van der Waals surface area contributed by atoms with Crippen LogP contribution in [-0.2, 0) is 18.0 Å². The van der Waals surface area contributed by atoms with Crippen LogP contribution >= 0.6 is 0 Å². The molecule has 0 saturated carbocycles. The summed E-state index contributed by atoms with van der Waals surface area (Å²) >= 11 is 0. The summed E-state index contributed by atoms with van der Waals surface area (Å²) in [5, 5.41) is 17.2. The lowest BCUT2D eigenvalue weighted by Gasteiger charge is -1.98. The maximum Gasteiger partial charge on any atom is 0.130 e. The molecule has 1 aromatic carbocycles. The van der Waals surface area contributed by atoms with Gasteiger partial charge in [-0.25, -0.2) is 0 Å². The Labute approximate surface area is 87.8 Å². The average molecular weight is 196 g/mol. The fourth-order valence-electron chi connectivity index (χ4n) is 1.54. The first-order valence-corrected chi connectivity index (χ1v) is 4.55. The van der Waals surface area contributed by atoms with E-state index in [1.54, 1.807) is 6.08 Å². The Kier molecular flexibility index (Phi) is 2.49. The van der Waals surface area contributed by atoms with Gasteiger partial charge in [0.25, 0.3) is 0 Å². The molecule has 72 valence electrons. The van der Waals surface area contributed by atoms with E-state index in [9.17, 15) is 0 Å². The van der Waals surface area contributed by atoms with Crippen molar-refractivity contribution in [2.45, 2.75) is 13.2 Å². The fraction of sp³-hybridized carbons (Fsp3) is 0.167. The summed E-state index contributed by atoms with van der Waals surface area (Å²) in [6, 6.07) is 9.49. The van der Waals surface area contributed by atoms with Crippen LogP contribution in [-0.4, -0.2) is 0 Å². The molecule has 0 amide bonds. The van der Waals surface area contributed by atoms with Crippen molar-refractivity contribution in [1.82, 2.24) is 0 Å². The van der Waals surface area contributed by atoms with Crippen LogP contribution in [0.25, 0.3) is 6.08 Å². The van der Waals surface area contributed by atoms with Crippen LogP contribution in [0, 0.1) is 22.7 Å². The second-order valence-corrected chi connectivity index (χ2v) is 3.30. The molecule has 0 aliphatic carbocycles. The van der Waals surface area contributed by atoms with Gasteiger partial charge >= 0.3 is 0 Å². The number of allylic oxidation sites excluding steroid dienone is 1. The molecule has 1 heterocycles. The second-order valence-electron chi connectivity index (χ2n) is 3.30. The second kappa shape index (κ2) is 3.96. The van der Waals surface area contributed by atoms with Crippen molar-refractivity contribution in [2.24, 2.45) is 0 Å². The van der Waals surface area contributed by atoms with Gasteiger partial charge < -0.3 is 4.74 Å². The molecule has 0 saturated heterocycles. The SMILES string of the molecule is N#CC(C#N)=Cc1ccc2c(c1)COC2. The predicted molar refractivity (Wildman–Crippen MR) is 54.1 cm³/mol. The number of rotatable bonds is 1. The van der Waals surface area contributed by atoms with Gasteiger partial charge in [-0.15, -0.1) is 0 Å². The van der Waals surface area contributed by atoms with Crippen LogP contribution in [0.5, 0.6) is 0 Å². The van der Waals surface area contributed by atoms with Gasteiger partial charge in [0.15, 0.2) is 0 Å². The lowest BCUT2D eigenvalue weighted by Crippen LogP contribution is -1.83. The zero-order valence-corrected chi connectivity index (χ0v) is 8.03. The summed E-state index contributed by atoms with van der Waals surface area (Å²) in [5.41, 5.74) is 3.31. The lowest BCUT2D eigenvalue weighted by molar-refractivity contribution is 0.134. The first-order chi connectivity index (χ1) is 7.33. The quantitative estimate of drug-likeness (QED) is 0.646. The predicted octanol–water partition coefficient (Wildman–Crippen LogP) is 2.15. The first-order valence-electron chi connectivity index (χ1n) is 4.55. The van der Waals surface area contributed by atoms with E-state index in [-0.39, 0.29) is 5.57 Å². The van der Waals surface area contributed by atoms with Crippen molar-refractivity contribution in [3.63, 3.8) is 0 Å². The molecule has 0 N–H and O–H groups in total. The highest BCUT2D eigenvalue weighted by Gasteiger charge is 2.10. The van der Waals surface area contributed by atoms with E-state index in [0.717, 1.165) is 11.1 Å². The Morgan fingerprint density at radius 3 is 2.67 bits per heavy atom. The molecular formula is C12H8N2O. The number of nitriles is 2. The molecule has 3 nitrogen and oxygen atoms in total. The van der Waals surface area contributed by atoms with E-state index in [2.05, 4.69) is 0 Å². The van der Waals surface area contributed by atoms with Gasteiger partial charge in [-0.1, -0.05) is 12.1 Å². The molecule has 0 spiro atoms. The molecule has 0 bridgehead atoms. The number of fused-ring (bicyclic) bond motifs is 1. The Morgan fingerprint density at radius 2 is 1.93 bits per heavy atom. The highest BCUT2D eigenvalue weighted by atomic mass is 16.5. The Morgan fingerprint density at radius 1 is 1.20 bits per heavy atom. The summed E-state index contributed by atoms with van der Waals surface area (Å²) in [6.07, 6.45) is 1.58. The average Bonchev–Trinajstić information content (AvgIpc) is 2.73. The summed E-state index contributed by atoms with van der Waals surface area (Å²) < 4.78 is 5.28. The minimum absolute atomic E-state index is 0.119. The van der Waals surface area contributed by atoms with Crippen molar-refractivity contribution < 1.29 is 4.74 Å². The number of ether oxygens (including phenoxy) is 1. The van der Waals surface area contributed by atoms with Crippen LogP contribution in [0.15, 0.2) is 23.8 Å². The summed E-state index contributed by atoms with van der Waals surface area (Å²) in [7, 11) is 0. The smallest absolute Gasteiger partial charge is 0.130 e. The van der Waals surface area contributed by atoms with Crippen LogP contribution in [0.1, 0.15) is 16.7 Å². The van der Waals surface area contributed by atoms with E-state index in [0.29, 0.717) is 13.2 Å². The summed E-state index contributed by atoms with van der Waals surface area (Å²) in [5.74, 6) is 0. The van der Waals surface area contributed by atoms with E-state index in [1.165, 1.54) is 5.56 Å². The van der Waals surface area contributed by atoms with E-state index in [1.807, 2.05) is 30.3 Å². The number of nitrogens with zero attached hydrogens (tertiary/aromatic N) is 2. The monoisotopic (exact) mass is 196 g/mol. The van der Waals surface area contributed by atoms with Gasteiger partial charge in [0, 0.05) is 0 Å². The van der Waals surface area contributed by atoms with Gasteiger partial charge in [-0.3, -0.25) is 0 Å². The third kappa shape index (κ3) is 1.88. The van der Waals surface area contributed by atoms with Crippen molar-refractivity contribution in [3.8, 4) is 12.1 Å². The molecule has 0 aromatic heterocycles. The molecule has 1 aliphatic rings.